The number of aryl methyl sites for hydroxylation is 1. The van der Waals surface area contributed by atoms with Gasteiger partial charge in [-0.25, -0.2) is 9.97 Å². The molecule has 1 heterocycles. The zero-order valence-corrected chi connectivity index (χ0v) is 11.9. The summed E-state index contributed by atoms with van der Waals surface area (Å²) in [6, 6.07) is 2.54. The summed E-state index contributed by atoms with van der Waals surface area (Å²) in [5.41, 5.74) is 2.12. The van der Waals surface area contributed by atoms with Crippen LogP contribution in [-0.2, 0) is 6.54 Å². The highest BCUT2D eigenvalue weighted by Gasteiger charge is 2.23. The molecule has 0 aromatic carbocycles. The smallest absolute Gasteiger partial charge is 0.225 e. The van der Waals surface area contributed by atoms with Crippen molar-refractivity contribution in [3.63, 3.8) is 0 Å². The Morgan fingerprint density at radius 1 is 1.39 bits per heavy atom. The first-order valence-corrected chi connectivity index (χ1v) is 6.83. The Morgan fingerprint density at radius 2 is 2.11 bits per heavy atom. The summed E-state index contributed by atoms with van der Waals surface area (Å²) < 4.78 is 0. The third-order valence-electron chi connectivity index (χ3n) is 3.16. The quantitative estimate of drug-likeness (QED) is 0.837. The van der Waals surface area contributed by atoms with Gasteiger partial charge in [-0.1, -0.05) is 13.8 Å². The van der Waals surface area contributed by atoms with Crippen LogP contribution in [0.4, 0.5) is 5.95 Å². The third kappa shape index (κ3) is 3.95. The van der Waals surface area contributed by atoms with E-state index in [0.29, 0.717) is 6.04 Å². The molecule has 0 aliphatic heterocycles. The number of nitrogens with one attached hydrogen (secondary N) is 1. The van der Waals surface area contributed by atoms with E-state index in [-0.39, 0.29) is 0 Å². The molecular weight excluding hydrogens is 224 g/mol. The molecule has 18 heavy (non-hydrogen) atoms. The van der Waals surface area contributed by atoms with Gasteiger partial charge < -0.3 is 10.2 Å². The number of hydrogen-bond acceptors (Lipinski definition) is 4. The molecule has 0 bridgehead atoms. The molecular formula is C14H24N4. The van der Waals surface area contributed by atoms with Crippen molar-refractivity contribution in [3.8, 4) is 0 Å². The van der Waals surface area contributed by atoms with Gasteiger partial charge in [0.15, 0.2) is 0 Å². The average molecular weight is 248 g/mol. The summed E-state index contributed by atoms with van der Waals surface area (Å²) in [4.78, 5) is 11.4. The molecule has 1 saturated carbocycles. The molecule has 1 aliphatic carbocycles. The zero-order valence-electron chi connectivity index (χ0n) is 11.9. The molecule has 0 spiro atoms. The fourth-order valence-electron chi connectivity index (χ4n) is 1.96. The van der Waals surface area contributed by atoms with Crippen molar-refractivity contribution >= 4 is 5.95 Å². The lowest BCUT2D eigenvalue weighted by atomic mass is 10.3. The standard InChI is InChI=1S/C14H24N4/c1-10(2)15-8-13-7-11(3)16-14(17-13)18(4)9-12-5-6-12/h7,10,12,15H,5-6,8-9H2,1-4H3. The van der Waals surface area contributed by atoms with Gasteiger partial charge >= 0.3 is 0 Å². The Balaban J connectivity index is 2.04. The Morgan fingerprint density at radius 3 is 2.72 bits per heavy atom. The van der Waals surface area contributed by atoms with Gasteiger partial charge in [0, 0.05) is 31.9 Å². The van der Waals surface area contributed by atoms with Gasteiger partial charge in [-0.15, -0.1) is 0 Å². The summed E-state index contributed by atoms with van der Waals surface area (Å²) in [7, 11) is 2.09. The molecule has 4 nitrogen and oxygen atoms in total. The highest BCUT2D eigenvalue weighted by Crippen LogP contribution is 2.30. The summed E-state index contributed by atoms with van der Waals surface area (Å²) in [5.74, 6) is 1.72. The van der Waals surface area contributed by atoms with Gasteiger partial charge in [-0.3, -0.25) is 0 Å². The minimum absolute atomic E-state index is 0.480. The van der Waals surface area contributed by atoms with Crippen LogP contribution >= 0.6 is 0 Å². The van der Waals surface area contributed by atoms with Crippen LogP contribution in [0.25, 0.3) is 0 Å². The summed E-state index contributed by atoms with van der Waals surface area (Å²) in [5, 5.41) is 3.40. The maximum atomic E-state index is 4.64. The zero-order chi connectivity index (χ0) is 13.1. The Bertz CT molecular complexity index is 399. The highest BCUT2D eigenvalue weighted by molar-refractivity contribution is 5.31. The molecule has 0 atom stereocenters. The normalized spacial score (nSPS) is 15.2. The van der Waals surface area contributed by atoms with Crippen LogP contribution in [0.3, 0.4) is 0 Å². The Kier molecular flexibility index (Phi) is 4.17. The van der Waals surface area contributed by atoms with Gasteiger partial charge in [0.25, 0.3) is 0 Å². The molecule has 4 heteroatoms. The Hall–Kier alpha value is -1.16. The lowest BCUT2D eigenvalue weighted by Crippen LogP contribution is -2.25. The lowest BCUT2D eigenvalue weighted by Gasteiger charge is -2.18. The van der Waals surface area contributed by atoms with Crippen LogP contribution in [0.15, 0.2) is 6.07 Å². The van der Waals surface area contributed by atoms with Crippen LogP contribution in [0.2, 0.25) is 0 Å². The first-order valence-electron chi connectivity index (χ1n) is 6.83. The van der Waals surface area contributed by atoms with E-state index < -0.39 is 0 Å². The van der Waals surface area contributed by atoms with Gasteiger partial charge in [0.2, 0.25) is 5.95 Å². The van der Waals surface area contributed by atoms with E-state index in [4.69, 9.17) is 0 Å². The van der Waals surface area contributed by atoms with E-state index in [1.165, 1.54) is 12.8 Å². The number of aromatic nitrogens is 2. The van der Waals surface area contributed by atoms with E-state index in [9.17, 15) is 0 Å². The number of rotatable bonds is 6. The molecule has 1 N–H and O–H groups in total. The number of anilines is 1. The second kappa shape index (κ2) is 5.65. The molecule has 0 unspecified atom stereocenters. The largest absolute Gasteiger partial charge is 0.344 e. The topological polar surface area (TPSA) is 41.1 Å². The maximum absolute atomic E-state index is 4.64. The molecule has 0 saturated heterocycles. The molecule has 0 radical (unpaired) electrons. The molecule has 2 rings (SSSR count). The van der Waals surface area contributed by atoms with Crippen molar-refractivity contribution in [3.05, 3.63) is 17.5 Å². The monoisotopic (exact) mass is 248 g/mol. The van der Waals surface area contributed by atoms with E-state index in [2.05, 4.69) is 47.1 Å². The predicted octanol–water partition coefficient (Wildman–Crippen LogP) is 2.13. The van der Waals surface area contributed by atoms with Gasteiger partial charge in [-0.05, 0) is 31.7 Å². The van der Waals surface area contributed by atoms with Crippen LogP contribution < -0.4 is 10.2 Å². The van der Waals surface area contributed by atoms with Crippen molar-refractivity contribution in [2.45, 2.75) is 46.2 Å². The maximum Gasteiger partial charge on any atom is 0.225 e. The highest BCUT2D eigenvalue weighted by atomic mass is 15.2. The van der Waals surface area contributed by atoms with Crippen LogP contribution in [-0.4, -0.2) is 29.6 Å². The number of nitrogens with zero attached hydrogens (tertiary/aromatic N) is 3. The van der Waals surface area contributed by atoms with Crippen molar-refractivity contribution in [2.75, 3.05) is 18.5 Å². The van der Waals surface area contributed by atoms with E-state index >= 15 is 0 Å². The molecule has 100 valence electrons. The molecule has 1 fully saturated rings. The van der Waals surface area contributed by atoms with Crippen molar-refractivity contribution in [2.24, 2.45) is 5.92 Å². The van der Waals surface area contributed by atoms with E-state index in [1.807, 2.05) is 6.92 Å². The van der Waals surface area contributed by atoms with E-state index in [0.717, 1.165) is 36.3 Å². The Labute approximate surface area is 110 Å². The van der Waals surface area contributed by atoms with Gasteiger partial charge in [-0.2, -0.15) is 0 Å². The van der Waals surface area contributed by atoms with Crippen molar-refractivity contribution in [1.82, 2.24) is 15.3 Å². The van der Waals surface area contributed by atoms with Gasteiger partial charge in [0.05, 0.1) is 5.69 Å². The van der Waals surface area contributed by atoms with Gasteiger partial charge in [0.1, 0.15) is 0 Å². The molecule has 1 aromatic rings. The third-order valence-corrected chi connectivity index (χ3v) is 3.16. The van der Waals surface area contributed by atoms with Crippen LogP contribution in [0.5, 0.6) is 0 Å². The SMILES string of the molecule is Cc1cc(CNC(C)C)nc(N(C)CC2CC2)n1. The molecule has 1 aromatic heterocycles. The van der Waals surface area contributed by atoms with Crippen LogP contribution in [0, 0.1) is 12.8 Å². The average Bonchev–Trinajstić information content (AvgIpc) is 3.09. The minimum Gasteiger partial charge on any atom is -0.344 e. The van der Waals surface area contributed by atoms with Crippen molar-refractivity contribution in [1.29, 1.82) is 0 Å². The predicted molar refractivity (Wildman–Crippen MR) is 74.7 cm³/mol. The fraction of sp³-hybridized carbons (Fsp3) is 0.714. The van der Waals surface area contributed by atoms with Crippen LogP contribution in [0.1, 0.15) is 38.1 Å². The molecule has 1 aliphatic rings. The van der Waals surface area contributed by atoms with Crippen molar-refractivity contribution < 1.29 is 0 Å². The summed E-state index contributed by atoms with van der Waals surface area (Å²) in [6.45, 7) is 8.23. The minimum atomic E-state index is 0.480. The second-order valence-corrected chi connectivity index (χ2v) is 5.66. The van der Waals surface area contributed by atoms with E-state index in [1.54, 1.807) is 0 Å². The second-order valence-electron chi connectivity index (χ2n) is 5.66. The molecule has 0 amide bonds. The first kappa shape index (κ1) is 13.3. The fourth-order valence-corrected chi connectivity index (χ4v) is 1.96. The summed E-state index contributed by atoms with van der Waals surface area (Å²) in [6.07, 6.45) is 2.72. The summed E-state index contributed by atoms with van der Waals surface area (Å²) >= 11 is 0. The lowest BCUT2D eigenvalue weighted by molar-refractivity contribution is 0.579. The first-order chi connectivity index (χ1) is 8.54. The number of hydrogen-bond donors (Lipinski definition) is 1.